The largest absolute Gasteiger partial charge is 0.471 e. The monoisotopic (exact) mass is 303 g/mol. The molecule has 0 aliphatic carbocycles. The van der Waals surface area contributed by atoms with E-state index in [0.717, 1.165) is 4.31 Å². The molecule has 1 aliphatic heterocycles. The van der Waals surface area contributed by atoms with Crippen LogP contribution in [0, 0.1) is 0 Å². The van der Waals surface area contributed by atoms with Gasteiger partial charge in [0.1, 0.15) is 0 Å². The highest BCUT2D eigenvalue weighted by molar-refractivity contribution is 7.87. The number of nitrogens with zero attached hydrogens (tertiary/aromatic N) is 2. The molecule has 1 rings (SSSR count). The number of likely N-dealkylation sites (tertiary alicyclic amines) is 1. The Morgan fingerprint density at radius 3 is 2.11 bits per heavy atom. The molecule has 0 saturated carbocycles. The van der Waals surface area contributed by atoms with Crippen LogP contribution >= 0.6 is 0 Å². The van der Waals surface area contributed by atoms with E-state index in [4.69, 9.17) is 0 Å². The van der Waals surface area contributed by atoms with Crippen LogP contribution in [-0.4, -0.2) is 62.9 Å². The van der Waals surface area contributed by atoms with Gasteiger partial charge in [0.05, 0.1) is 0 Å². The smallest absolute Gasteiger partial charge is 0.335 e. The number of carbonyl (C=O) groups is 1. The third kappa shape index (κ3) is 4.32. The van der Waals surface area contributed by atoms with Crippen molar-refractivity contribution in [3.8, 4) is 0 Å². The molecule has 1 heterocycles. The van der Waals surface area contributed by atoms with Crippen LogP contribution in [0.5, 0.6) is 0 Å². The normalized spacial score (nSPS) is 18.9. The Balaban J connectivity index is 2.53. The summed E-state index contributed by atoms with van der Waals surface area (Å²) in [4.78, 5) is 11.7. The first-order chi connectivity index (χ1) is 8.54. The maximum absolute atomic E-state index is 12.2. The summed E-state index contributed by atoms with van der Waals surface area (Å²) in [5.74, 6) is -1.87. The highest BCUT2D eigenvalue weighted by Crippen LogP contribution is 2.21. The highest BCUT2D eigenvalue weighted by atomic mass is 32.2. The first kappa shape index (κ1) is 16.2. The third-order valence-corrected chi connectivity index (χ3v) is 4.41. The summed E-state index contributed by atoms with van der Waals surface area (Å²) in [6, 6.07) is -0.454. The van der Waals surface area contributed by atoms with Gasteiger partial charge in [0.25, 0.3) is 10.2 Å². The quantitative estimate of drug-likeness (QED) is 0.794. The standard InChI is InChI=1S/C9H16F3N3O3S/c1-14(2)19(17,18)13-7-3-5-15(6-4-7)8(16)9(10,11)12/h7,13H,3-6H2,1-2H3. The summed E-state index contributed by atoms with van der Waals surface area (Å²) in [7, 11) is -0.903. The van der Waals surface area contributed by atoms with Gasteiger partial charge >= 0.3 is 12.1 Å². The lowest BCUT2D eigenvalue weighted by Gasteiger charge is -2.33. The lowest BCUT2D eigenvalue weighted by Crippen LogP contribution is -2.51. The second kappa shape index (κ2) is 5.63. The molecule has 0 aromatic carbocycles. The van der Waals surface area contributed by atoms with E-state index in [9.17, 15) is 26.4 Å². The molecule has 1 aliphatic rings. The molecule has 0 spiro atoms. The SMILES string of the molecule is CN(C)S(=O)(=O)NC1CCN(C(=O)C(F)(F)F)CC1. The van der Waals surface area contributed by atoms with Crippen LogP contribution in [0.25, 0.3) is 0 Å². The number of piperidine rings is 1. The highest BCUT2D eigenvalue weighted by Gasteiger charge is 2.43. The molecule has 19 heavy (non-hydrogen) atoms. The van der Waals surface area contributed by atoms with E-state index < -0.39 is 28.3 Å². The molecule has 1 fully saturated rings. The average Bonchev–Trinajstić information content (AvgIpc) is 2.27. The molecule has 112 valence electrons. The van der Waals surface area contributed by atoms with Crippen LogP contribution in [0.1, 0.15) is 12.8 Å². The summed E-state index contributed by atoms with van der Waals surface area (Å²) in [6.07, 6.45) is -4.56. The Labute approximate surface area is 109 Å². The molecule has 10 heteroatoms. The molecule has 0 bridgehead atoms. The van der Waals surface area contributed by atoms with Crippen molar-refractivity contribution in [2.75, 3.05) is 27.2 Å². The second-order valence-electron chi connectivity index (χ2n) is 4.47. The first-order valence-corrected chi connectivity index (χ1v) is 7.04. The van der Waals surface area contributed by atoms with Gasteiger partial charge in [-0.25, -0.2) is 0 Å². The number of alkyl halides is 3. The van der Waals surface area contributed by atoms with Gasteiger partial charge in [-0.1, -0.05) is 0 Å². The van der Waals surface area contributed by atoms with E-state index in [1.807, 2.05) is 0 Å². The molecule has 0 radical (unpaired) electrons. The molecule has 0 atom stereocenters. The van der Waals surface area contributed by atoms with Gasteiger partial charge in [0.2, 0.25) is 0 Å². The number of hydrogen-bond donors (Lipinski definition) is 1. The van der Waals surface area contributed by atoms with Crippen LogP contribution in [0.4, 0.5) is 13.2 Å². The van der Waals surface area contributed by atoms with E-state index in [0.29, 0.717) is 4.90 Å². The number of hydrogen-bond acceptors (Lipinski definition) is 3. The van der Waals surface area contributed by atoms with Crippen LogP contribution in [0.15, 0.2) is 0 Å². The van der Waals surface area contributed by atoms with Crippen molar-refractivity contribution in [2.45, 2.75) is 25.1 Å². The van der Waals surface area contributed by atoms with Crippen LogP contribution in [-0.2, 0) is 15.0 Å². The van der Waals surface area contributed by atoms with Crippen molar-refractivity contribution >= 4 is 16.1 Å². The average molecular weight is 303 g/mol. The fourth-order valence-electron chi connectivity index (χ4n) is 1.70. The predicted octanol–water partition coefficient (Wildman–Crippen LogP) is -0.0643. The van der Waals surface area contributed by atoms with E-state index >= 15 is 0 Å². The molecular formula is C9H16F3N3O3S. The Bertz CT molecular complexity index is 428. The molecule has 0 unspecified atom stereocenters. The Kier molecular flexibility index (Phi) is 4.80. The molecule has 1 amide bonds. The molecule has 0 aromatic rings. The fourth-order valence-corrected chi connectivity index (χ4v) is 2.56. The molecule has 1 saturated heterocycles. The number of amides is 1. The Hall–Kier alpha value is -0.870. The van der Waals surface area contributed by atoms with Gasteiger partial charge in [0.15, 0.2) is 0 Å². The minimum Gasteiger partial charge on any atom is -0.335 e. The van der Waals surface area contributed by atoms with Crippen molar-refractivity contribution < 1.29 is 26.4 Å². The molecule has 0 aromatic heterocycles. The maximum Gasteiger partial charge on any atom is 0.471 e. The second-order valence-corrected chi connectivity index (χ2v) is 6.39. The van der Waals surface area contributed by atoms with Crippen molar-refractivity contribution in [1.29, 1.82) is 0 Å². The first-order valence-electron chi connectivity index (χ1n) is 5.60. The third-order valence-electron chi connectivity index (χ3n) is 2.82. The van der Waals surface area contributed by atoms with Gasteiger partial charge in [-0.2, -0.15) is 30.6 Å². The van der Waals surface area contributed by atoms with Crippen LogP contribution in [0.2, 0.25) is 0 Å². The van der Waals surface area contributed by atoms with Crippen molar-refractivity contribution in [2.24, 2.45) is 0 Å². The Morgan fingerprint density at radius 2 is 1.74 bits per heavy atom. The van der Waals surface area contributed by atoms with Gasteiger partial charge in [0, 0.05) is 33.2 Å². The molecular weight excluding hydrogens is 287 g/mol. The summed E-state index contributed by atoms with van der Waals surface area (Å²) in [5.41, 5.74) is 0. The minimum absolute atomic E-state index is 0.112. The van der Waals surface area contributed by atoms with Crippen LogP contribution < -0.4 is 4.72 Å². The van der Waals surface area contributed by atoms with E-state index in [-0.39, 0.29) is 25.9 Å². The van der Waals surface area contributed by atoms with Crippen molar-refractivity contribution in [3.05, 3.63) is 0 Å². The number of carbonyl (C=O) groups excluding carboxylic acids is 1. The minimum atomic E-state index is -4.88. The van der Waals surface area contributed by atoms with Crippen molar-refractivity contribution in [1.82, 2.24) is 13.9 Å². The lowest BCUT2D eigenvalue weighted by molar-refractivity contribution is -0.186. The summed E-state index contributed by atoms with van der Waals surface area (Å²) in [5, 5.41) is 0. The van der Waals surface area contributed by atoms with E-state index in [1.54, 1.807) is 0 Å². The summed E-state index contributed by atoms with van der Waals surface area (Å²) >= 11 is 0. The number of nitrogens with one attached hydrogen (secondary N) is 1. The lowest BCUT2D eigenvalue weighted by atomic mass is 10.1. The van der Waals surface area contributed by atoms with Crippen LogP contribution in [0.3, 0.4) is 0 Å². The number of halogens is 3. The van der Waals surface area contributed by atoms with E-state index in [2.05, 4.69) is 4.72 Å². The zero-order chi connectivity index (χ0) is 14.8. The van der Waals surface area contributed by atoms with Crippen molar-refractivity contribution in [3.63, 3.8) is 0 Å². The maximum atomic E-state index is 12.2. The topological polar surface area (TPSA) is 69.7 Å². The van der Waals surface area contributed by atoms with Gasteiger partial charge in [-0.3, -0.25) is 4.79 Å². The predicted molar refractivity (Wildman–Crippen MR) is 61.4 cm³/mol. The summed E-state index contributed by atoms with van der Waals surface area (Å²) in [6.45, 7) is -0.224. The van der Waals surface area contributed by atoms with Gasteiger partial charge in [-0.15, -0.1) is 0 Å². The zero-order valence-corrected chi connectivity index (χ0v) is 11.4. The van der Waals surface area contributed by atoms with Gasteiger partial charge in [-0.05, 0) is 12.8 Å². The zero-order valence-electron chi connectivity index (χ0n) is 10.6. The van der Waals surface area contributed by atoms with Gasteiger partial charge < -0.3 is 4.90 Å². The fraction of sp³-hybridized carbons (Fsp3) is 0.889. The molecule has 6 nitrogen and oxygen atoms in total. The van der Waals surface area contributed by atoms with E-state index in [1.165, 1.54) is 14.1 Å². The number of rotatable bonds is 3. The summed E-state index contributed by atoms with van der Waals surface area (Å²) < 4.78 is 63.0. The Morgan fingerprint density at radius 1 is 1.26 bits per heavy atom. The molecule has 1 N–H and O–H groups in total.